The van der Waals surface area contributed by atoms with Crippen LogP contribution in [0.2, 0.25) is 0 Å². The van der Waals surface area contributed by atoms with E-state index in [4.69, 9.17) is 4.63 Å². The molecule has 0 aliphatic heterocycles. The lowest BCUT2D eigenvalue weighted by Crippen LogP contribution is -2.50. The lowest BCUT2D eigenvalue weighted by atomic mass is 9.69. The number of carbonyl (C=O) groups excluding carboxylic acids is 2. The number of aromatic nitrogens is 5. The van der Waals surface area contributed by atoms with Crippen molar-refractivity contribution in [2.45, 2.75) is 81.8 Å². The van der Waals surface area contributed by atoms with E-state index in [1.54, 1.807) is 13.0 Å². The number of aryl methyl sites for hydroxylation is 1. The molecule has 226 valence electrons. The number of amides is 2. The van der Waals surface area contributed by atoms with Crippen LogP contribution < -0.4 is 10.6 Å². The van der Waals surface area contributed by atoms with Crippen LogP contribution in [0.3, 0.4) is 0 Å². The Labute approximate surface area is 236 Å². The van der Waals surface area contributed by atoms with E-state index in [0.29, 0.717) is 28.9 Å². The van der Waals surface area contributed by atoms with Gasteiger partial charge in [0.2, 0.25) is 11.8 Å². The lowest BCUT2D eigenvalue weighted by molar-refractivity contribution is -0.145. The van der Waals surface area contributed by atoms with Gasteiger partial charge in [0, 0.05) is 12.8 Å². The highest BCUT2D eigenvalue weighted by molar-refractivity contribution is 5.93. The average molecular weight is 596 g/mol. The summed E-state index contributed by atoms with van der Waals surface area (Å²) in [4.78, 5) is 38.7. The van der Waals surface area contributed by atoms with E-state index in [0.717, 1.165) is 25.7 Å². The summed E-state index contributed by atoms with van der Waals surface area (Å²) in [6.07, 6.45) is -2.60. The maximum atomic E-state index is 14.1. The predicted molar refractivity (Wildman–Crippen MR) is 136 cm³/mol. The van der Waals surface area contributed by atoms with Gasteiger partial charge in [-0.3, -0.25) is 9.59 Å². The van der Waals surface area contributed by atoms with E-state index in [2.05, 4.69) is 30.6 Å². The Bertz CT molecular complexity index is 1470. The number of nitrogens with one attached hydrogen (secondary N) is 3. The number of H-pyrrole nitrogens is 1. The molecule has 3 aromatic rings. The lowest BCUT2D eigenvalue weighted by Gasteiger charge is -2.38. The summed E-state index contributed by atoms with van der Waals surface area (Å²) in [6, 6.07) is 2.54. The molecule has 3 saturated carbocycles. The molecule has 3 heterocycles. The molecule has 3 fully saturated rings. The maximum absolute atomic E-state index is 14.1. The van der Waals surface area contributed by atoms with Crippen LogP contribution in [0.1, 0.15) is 85.1 Å². The largest absolute Gasteiger partial charge is 0.405 e. The zero-order chi connectivity index (χ0) is 29.9. The summed E-state index contributed by atoms with van der Waals surface area (Å²) in [6.45, 7) is 0.0263. The molecule has 2 amide bonds. The third-order valence-electron chi connectivity index (χ3n) is 8.74. The molecule has 1 unspecified atom stereocenters. The van der Waals surface area contributed by atoms with Gasteiger partial charge in [-0.2, -0.15) is 13.2 Å². The molecule has 42 heavy (non-hydrogen) atoms. The molecule has 0 saturated heterocycles. The van der Waals surface area contributed by atoms with Gasteiger partial charge >= 0.3 is 6.18 Å². The van der Waals surface area contributed by atoms with Crippen molar-refractivity contribution in [2.75, 3.05) is 6.54 Å². The van der Waals surface area contributed by atoms with E-state index >= 15 is 0 Å². The zero-order valence-electron chi connectivity index (χ0n) is 22.7. The van der Waals surface area contributed by atoms with Crippen LogP contribution in [0.15, 0.2) is 16.8 Å². The van der Waals surface area contributed by atoms with Gasteiger partial charge in [0.25, 0.3) is 5.91 Å². The monoisotopic (exact) mass is 595 g/mol. The maximum Gasteiger partial charge on any atom is 0.405 e. The van der Waals surface area contributed by atoms with Crippen LogP contribution in [-0.4, -0.2) is 55.7 Å². The van der Waals surface area contributed by atoms with Gasteiger partial charge in [-0.1, -0.05) is 5.16 Å². The number of hydrogen-bond donors (Lipinski definition) is 3. The number of aromatic amines is 1. The topological polar surface area (TPSA) is 139 Å². The molecular weight excluding hydrogens is 565 g/mol. The fourth-order valence-corrected chi connectivity index (χ4v) is 6.20. The Kier molecular flexibility index (Phi) is 6.96. The summed E-state index contributed by atoms with van der Waals surface area (Å²) in [5.41, 5.74) is -0.549. The van der Waals surface area contributed by atoms with Crippen molar-refractivity contribution in [3.63, 3.8) is 0 Å². The van der Waals surface area contributed by atoms with Crippen LogP contribution in [-0.2, 0) is 10.2 Å². The Balaban J connectivity index is 1.35. The van der Waals surface area contributed by atoms with Crippen LogP contribution in [0.5, 0.6) is 0 Å². The van der Waals surface area contributed by atoms with Crippen LogP contribution in [0.25, 0.3) is 11.2 Å². The normalized spacial score (nSPS) is 20.9. The highest BCUT2D eigenvalue weighted by Gasteiger charge is 2.51. The van der Waals surface area contributed by atoms with E-state index in [-0.39, 0.29) is 35.8 Å². The Morgan fingerprint density at radius 3 is 2.29 bits per heavy atom. The molecular formula is C27H30F5N7O3. The quantitative estimate of drug-likeness (QED) is 0.305. The molecule has 0 bridgehead atoms. The molecule has 0 spiro atoms. The number of hydrogen-bond acceptors (Lipinski definition) is 7. The average Bonchev–Trinajstić information content (AvgIpc) is 3.86. The van der Waals surface area contributed by atoms with Gasteiger partial charge < -0.3 is 15.6 Å². The van der Waals surface area contributed by atoms with E-state index < -0.39 is 54.8 Å². The summed E-state index contributed by atoms with van der Waals surface area (Å²) >= 11 is 0. The van der Waals surface area contributed by atoms with Crippen LogP contribution >= 0.6 is 0 Å². The number of imidazole rings is 1. The van der Waals surface area contributed by atoms with Crippen molar-refractivity contribution in [1.29, 1.82) is 0 Å². The Hall–Kier alpha value is -3.65. The summed E-state index contributed by atoms with van der Waals surface area (Å²) in [5, 5.41) is 12.3. The van der Waals surface area contributed by atoms with Gasteiger partial charge in [0.15, 0.2) is 11.3 Å². The fraction of sp³-hybridized carbons (Fsp3) is 0.630. The van der Waals surface area contributed by atoms with Crippen LogP contribution in [0.4, 0.5) is 22.0 Å². The summed E-state index contributed by atoms with van der Waals surface area (Å²) in [7, 11) is 0. The highest BCUT2D eigenvalue weighted by Crippen LogP contribution is 2.54. The summed E-state index contributed by atoms with van der Waals surface area (Å²) < 4.78 is 71.6. The number of rotatable bonds is 9. The molecule has 1 atom stereocenters. The minimum Gasteiger partial charge on any atom is -0.346 e. The number of alkyl halides is 5. The number of halogens is 5. The zero-order valence-corrected chi connectivity index (χ0v) is 22.7. The Morgan fingerprint density at radius 2 is 1.71 bits per heavy atom. The summed E-state index contributed by atoms with van der Waals surface area (Å²) in [5.74, 6) is -3.15. The van der Waals surface area contributed by atoms with Crippen molar-refractivity contribution in [3.8, 4) is 0 Å². The molecule has 3 aliphatic rings. The third-order valence-corrected chi connectivity index (χ3v) is 8.74. The second-order valence-electron chi connectivity index (χ2n) is 11.8. The van der Waals surface area contributed by atoms with E-state index in [9.17, 15) is 31.5 Å². The smallest absolute Gasteiger partial charge is 0.346 e. The fourth-order valence-electron chi connectivity index (χ4n) is 6.20. The van der Waals surface area contributed by atoms with Gasteiger partial charge in [-0.05, 0) is 80.5 Å². The van der Waals surface area contributed by atoms with Gasteiger partial charge in [-0.15, -0.1) is 0 Å². The standard InChI is InChI=1S/C27H30F5N7O3/c1-13-19(39-42-38-13)23(40)36-20(18(14-2-3-14)15-4-5-15)22-34-16-6-7-17(35-21(16)37-22)25(8-10-26(28,29)11-9-25)24(41)33-12-27(30,31)32/h6-7,14-15,18,20H,2-5,8-12H2,1H3,(H,33,41)(H,36,40)(H,34,35,37). The second-order valence-corrected chi connectivity index (χ2v) is 11.8. The first-order chi connectivity index (χ1) is 19.9. The molecule has 10 nitrogen and oxygen atoms in total. The molecule has 3 N–H and O–H groups in total. The second kappa shape index (κ2) is 10.3. The van der Waals surface area contributed by atoms with Crippen LogP contribution in [0, 0.1) is 24.7 Å². The van der Waals surface area contributed by atoms with Gasteiger partial charge in [0.1, 0.15) is 18.1 Å². The van der Waals surface area contributed by atoms with E-state index in [1.165, 1.54) is 6.07 Å². The molecule has 3 aromatic heterocycles. The van der Waals surface area contributed by atoms with Crippen molar-refractivity contribution in [1.82, 2.24) is 35.9 Å². The van der Waals surface area contributed by atoms with Crippen molar-refractivity contribution >= 4 is 23.0 Å². The predicted octanol–water partition coefficient (Wildman–Crippen LogP) is 4.68. The number of pyridine rings is 1. The highest BCUT2D eigenvalue weighted by atomic mass is 19.4. The SMILES string of the molecule is Cc1nonc1C(=O)NC(c1nc2nc(C3(C(=O)NCC(F)(F)F)CCC(F)(F)CC3)ccc2[nH]1)C(C1CC1)C1CC1. The molecule has 0 radical (unpaired) electrons. The number of nitrogens with zero attached hydrogens (tertiary/aromatic N) is 4. The van der Waals surface area contributed by atoms with Crippen molar-refractivity contribution in [2.24, 2.45) is 17.8 Å². The van der Waals surface area contributed by atoms with E-state index in [1.807, 2.05) is 5.32 Å². The van der Waals surface area contributed by atoms with Gasteiger partial charge in [0.05, 0.1) is 22.7 Å². The molecule has 6 rings (SSSR count). The van der Waals surface area contributed by atoms with Gasteiger partial charge in [-0.25, -0.2) is 23.4 Å². The van der Waals surface area contributed by atoms with Crippen molar-refractivity contribution in [3.05, 3.63) is 35.0 Å². The molecule has 3 aliphatic carbocycles. The first kappa shape index (κ1) is 28.5. The van der Waals surface area contributed by atoms with Crippen molar-refractivity contribution < 1.29 is 36.2 Å². The molecule has 15 heteroatoms. The Morgan fingerprint density at radius 1 is 1.05 bits per heavy atom. The third kappa shape index (κ3) is 5.69. The number of fused-ring (bicyclic) bond motifs is 1. The minimum absolute atomic E-state index is 0.0581. The first-order valence-corrected chi connectivity index (χ1v) is 14.1. The number of carbonyl (C=O) groups is 2. The molecule has 0 aromatic carbocycles. The minimum atomic E-state index is -4.66. The first-order valence-electron chi connectivity index (χ1n) is 14.1.